The van der Waals surface area contributed by atoms with Crippen LogP contribution in [0.4, 0.5) is 0 Å². The van der Waals surface area contributed by atoms with E-state index in [2.05, 4.69) is 56.1 Å². The largest absolute Gasteiger partial charge is 0.299 e. The molecule has 0 spiro atoms. The molecule has 1 heterocycles. The highest BCUT2D eigenvalue weighted by Gasteiger charge is 2.22. The third-order valence-corrected chi connectivity index (χ3v) is 3.82. The van der Waals surface area contributed by atoms with Crippen molar-refractivity contribution in [2.75, 3.05) is 13.6 Å². The van der Waals surface area contributed by atoms with Crippen LogP contribution in [0.2, 0.25) is 0 Å². The molecule has 1 atom stereocenters. The average molecular weight is 215 g/mol. The third-order valence-electron chi connectivity index (χ3n) is 3.82. The number of benzene rings is 1. The second-order valence-electron chi connectivity index (χ2n) is 4.90. The van der Waals surface area contributed by atoms with Crippen LogP contribution < -0.4 is 0 Å². The van der Waals surface area contributed by atoms with Crippen molar-refractivity contribution in [2.45, 2.75) is 32.7 Å². The molecular weight excluding hydrogens is 194 g/mol. The van der Waals surface area contributed by atoms with E-state index < -0.39 is 0 Å². The summed E-state index contributed by atoms with van der Waals surface area (Å²) in [6, 6.07) is 11.4. The molecule has 0 aromatic heterocycles. The van der Waals surface area contributed by atoms with Gasteiger partial charge in [-0.05, 0) is 39.3 Å². The maximum atomic E-state index is 2.48. The zero-order chi connectivity index (χ0) is 11.5. The monoisotopic (exact) mass is 215 g/mol. The van der Waals surface area contributed by atoms with Gasteiger partial charge in [-0.1, -0.05) is 41.5 Å². The van der Waals surface area contributed by atoms with Crippen LogP contribution >= 0.6 is 0 Å². The molecule has 2 rings (SSSR count). The third kappa shape index (κ3) is 2.35. The Kier molecular flexibility index (Phi) is 3.45. The van der Waals surface area contributed by atoms with Gasteiger partial charge in [0.25, 0.3) is 0 Å². The number of hydrogen-bond acceptors (Lipinski definition) is 1. The van der Waals surface area contributed by atoms with Crippen LogP contribution in [0.1, 0.15) is 25.8 Å². The molecule has 86 valence electrons. The highest BCUT2D eigenvalue weighted by molar-refractivity contribution is 5.25. The minimum atomic E-state index is 0.594. The molecule has 0 bridgehead atoms. The molecule has 0 amide bonds. The summed E-state index contributed by atoms with van der Waals surface area (Å²) in [6.07, 6.45) is 2.37. The fourth-order valence-electron chi connectivity index (χ4n) is 2.46. The van der Waals surface area contributed by atoms with Gasteiger partial charge in [0.1, 0.15) is 0 Å². The first-order valence-corrected chi connectivity index (χ1v) is 6.09. The molecular formula is C15H21N. The number of nitrogens with zero attached hydrogens (tertiary/aromatic N) is 1. The van der Waals surface area contributed by atoms with E-state index in [1.54, 1.807) is 11.1 Å². The first-order chi connectivity index (χ1) is 7.68. The summed E-state index contributed by atoms with van der Waals surface area (Å²) in [6.45, 7) is 5.76. The molecule has 1 heteroatoms. The van der Waals surface area contributed by atoms with Crippen molar-refractivity contribution < 1.29 is 0 Å². The molecule has 0 saturated heterocycles. The summed E-state index contributed by atoms with van der Waals surface area (Å²) >= 11 is 0. The van der Waals surface area contributed by atoms with Crippen molar-refractivity contribution in [2.24, 2.45) is 0 Å². The van der Waals surface area contributed by atoms with E-state index in [9.17, 15) is 0 Å². The minimum absolute atomic E-state index is 0.594. The SMILES string of the molecule is CC1=C(C)C(Cc2ccccc2)N(C)CC1. The Balaban J connectivity index is 2.17. The van der Waals surface area contributed by atoms with Crippen molar-refractivity contribution in [3.05, 3.63) is 47.0 Å². The summed E-state index contributed by atoms with van der Waals surface area (Å²) in [4.78, 5) is 2.48. The lowest BCUT2D eigenvalue weighted by molar-refractivity contribution is 0.255. The van der Waals surface area contributed by atoms with E-state index in [1.807, 2.05) is 0 Å². The zero-order valence-electron chi connectivity index (χ0n) is 10.5. The molecule has 1 nitrogen and oxygen atoms in total. The maximum Gasteiger partial charge on any atom is 0.0344 e. The van der Waals surface area contributed by atoms with Gasteiger partial charge in [-0.25, -0.2) is 0 Å². The van der Waals surface area contributed by atoms with Gasteiger partial charge >= 0.3 is 0 Å². The van der Waals surface area contributed by atoms with Crippen LogP contribution in [0.5, 0.6) is 0 Å². The van der Waals surface area contributed by atoms with E-state index in [1.165, 1.54) is 18.5 Å². The van der Waals surface area contributed by atoms with Gasteiger partial charge in [0.2, 0.25) is 0 Å². The van der Waals surface area contributed by atoms with Crippen LogP contribution in [0.25, 0.3) is 0 Å². The van der Waals surface area contributed by atoms with Gasteiger partial charge in [-0.2, -0.15) is 0 Å². The van der Waals surface area contributed by atoms with Crippen molar-refractivity contribution in [1.29, 1.82) is 0 Å². The van der Waals surface area contributed by atoms with Gasteiger partial charge in [0.05, 0.1) is 0 Å². The first-order valence-electron chi connectivity index (χ1n) is 6.09. The Hall–Kier alpha value is -1.08. The smallest absolute Gasteiger partial charge is 0.0344 e. The van der Waals surface area contributed by atoms with Crippen LogP contribution in [-0.2, 0) is 6.42 Å². The Morgan fingerprint density at radius 2 is 1.88 bits per heavy atom. The Morgan fingerprint density at radius 3 is 2.56 bits per heavy atom. The van der Waals surface area contributed by atoms with E-state index in [0.717, 1.165) is 6.42 Å². The summed E-state index contributed by atoms with van der Waals surface area (Å²) in [7, 11) is 2.24. The molecule has 0 saturated carbocycles. The van der Waals surface area contributed by atoms with Crippen molar-refractivity contribution in [3.8, 4) is 0 Å². The van der Waals surface area contributed by atoms with Crippen molar-refractivity contribution in [1.82, 2.24) is 4.90 Å². The molecule has 1 unspecified atom stereocenters. The van der Waals surface area contributed by atoms with Gasteiger partial charge in [0.15, 0.2) is 0 Å². The Morgan fingerprint density at radius 1 is 1.19 bits per heavy atom. The van der Waals surface area contributed by atoms with Gasteiger partial charge in [0, 0.05) is 12.6 Å². The number of hydrogen-bond donors (Lipinski definition) is 0. The highest BCUT2D eigenvalue weighted by atomic mass is 15.1. The number of rotatable bonds is 2. The standard InChI is InChI=1S/C15H21N/c1-12-9-10-16(3)15(13(12)2)11-14-7-5-4-6-8-14/h4-8,15H,9-11H2,1-3H3. The normalized spacial score (nSPS) is 22.6. The summed E-state index contributed by atoms with van der Waals surface area (Å²) in [5.74, 6) is 0. The molecule has 0 radical (unpaired) electrons. The second-order valence-corrected chi connectivity index (χ2v) is 4.90. The van der Waals surface area contributed by atoms with Gasteiger partial charge < -0.3 is 0 Å². The topological polar surface area (TPSA) is 3.24 Å². The fraction of sp³-hybridized carbons (Fsp3) is 0.467. The molecule has 0 N–H and O–H groups in total. The summed E-state index contributed by atoms with van der Waals surface area (Å²) in [5.41, 5.74) is 4.59. The van der Waals surface area contributed by atoms with Crippen molar-refractivity contribution in [3.63, 3.8) is 0 Å². The zero-order valence-corrected chi connectivity index (χ0v) is 10.5. The van der Waals surface area contributed by atoms with Crippen LogP contribution in [0.3, 0.4) is 0 Å². The van der Waals surface area contributed by atoms with E-state index >= 15 is 0 Å². The summed E-state index contributed by atoms with van der Waals surface area (Å²) < 4.78 is 0. The van der Waals surface area contributed by atoms with Crippen LogP contribution in [0, 0.1) is 0 Å². The minimum Gasteiger partial charge on any atom is -0.299 e. The fourth-order valence-corrected chi connectivity index (χ4v) is 2.46. The molecule has 1 aromatic rings. The quantitative estimate of drug-likeness (QED) is 0.684. The van der Waals surface area contributed by atoms with Gasteiger partial charge in [-0.15, -0.1) is 0 Å². The Bertz CT molecular complexity index is 378. The lowest BCUT2D eigenvalue weighted by Gasteiger charge is -2.34. The lowest BCUT2D eigenvalue weighted by Crippen LogP contribution is -2.38. The van der Waals surface area contributed by atoms with E-state index in [0.29, 0.717) is 6.04 Å². The van der Waals surface area contributed by atoms with Crippen LogP contribution in [0.15, 0.2) is 41.5 Å². The predicted molar refractivity (Wildman–Crippen MR) is 69.6 cm³/mol. The maximum absolute atomic E-state index is 2.48. The molecule has 1 aliphatic heterocycles. The molecule has 0 aliphatic carbocycles. The highest BCUT2D eigenvalue weighted by Crippen LogP contribution is 2.24. The second kappa shape index (κ2) is 4.84. The van der Waals surface area contributed by atoms with Crippen molar-refractivity contribution >= 4 is 0 Å². The molecule has 1 aliphatic rings. The lowest BCUT2D eigenvalue weighted by atomic mass is 9.91. The summed E-state index contributed by atoms with van der Waals surface area (Å²) in [5, 5.41) is 0. The van der Waals surface area contributed by atoms with E-state index in [-0.39, 0.29) is 0 Å². The van der Waals surface area contributed by atoms with E-state index in [4.69, 9.17) is 0 Å². The van der Waals surface area contributed by atoms with Crippen LogP contribution in [-0.4, -0.2) is 24.5 Å². The average Bonchev–Trinajstić information content (AvgIpc) is 2.31. The molecule has 16 heavy (non-hydrogen) atoms. The van der Waals surface area contributed by atoms with Gasteiger partial charge in [-0.3, -0.25) is 4.90 Å². The Labute approximate surface area is 98.8 Å². The molecule has 0 fully saturated rings. The number of likely N-dealkylation sites (N-methyl/N-ethyl adjacent to an activating group) is 1. The molecule has 1 aromatic carbocycles. The predicted octanol–water partition coefficient (Wildman–Crippen LogP) is 3.27. The first kappa shape index (κ1) is 11.4.